The van der Waals surface area contributed by atoms with Crippen molar-refractivity contribution in [3.63, 3.8) is 0 Å². The molecule has 0 saturated heterocycles. The first kappa shape index (κ1) is 9.17. The van der Waals surface area contributed by atoms with Crippen LogP contribution in [0.25, 0.3) is 0 Å². The molecule has 1 rings (SSSR count). The Hall–Kier alpha value is -0.925. The largest absolute Gasteiger partial charge is 0.509 e. The molecule has 12 heavy (non-hydrogen) atoms. The fourth-order valence-electron chi connectivity index (χ4n) is 1.18. The summed E-state index contributed by atoms with van der Waals surface area (Å²) in [6.07, 6.45) is 0.428. The third-order valence-corrected chi connectivity index (χ3v) is 1.79. The van der Waals surface area contributed by atoms with Gasteiger partial charge >= 0.3 is 6.98 Å². The molecule has 1 aromatic rings. The van der Waals surface area contributed by atoms with Gasteiger partial charge in [-0.25, -0.2) is 0 Å². The van der Waals surface area contributed by atoms with Crippen LogP contribution < -0.4 is 5.46 Å². The Morgan fingerprint density at radius 2 is 1.75 bits per heavy atom. The van der Waals surface area contributed by atoms with Crippen LogP contribution in [0.2, 0.25) is 0 Å². The zero-order chi connectivity index (χ0) is 9.19. The number of halogens is 3. The maximum absolute atomic E-state index is 12.3. The predicted molar refractivity (Wildman–Crippen MR) is 44.5 cm³/mol. The average Bonchev–Trinajstić information content (AvgIpc) is 2.03. The molecular weight excluding hydrogens is 164 g/mol. The van der Waals surface area contributed by atoms with Gasteiger partial charge in [0.15, 0.2) is 0 Å². The van der Waals surface area contributed by atoms with Crippen LogP contribution in [0.3, 0.4) is 0 Å². The van der Waals surface area contributed by atoms with Gasteiger partial charge < -0.3 is 12.9 Å². The van der Waals surface area contributed by atoms with Crippen LogP contribution in [0, 0.1) is 0 Å². The van der Waals surface area contributed by atoms with Gasteiger partial charge in [-0.05, 0) is 6.42 Å². The van der Waals surface area contributed by atoms with E-state index in [-0.39, 0.29) is 0 Å². The highest BCUT2D eigenvalue weighted by molar-refractivity contribution is 6.74. The number of hydrogen-bond donors (Lipinski definition) is 0. The predicted octanol–water partition coefficient (Wildman–Crippen LogP) is 2.30. The van der Waals surface area contributed by atoms with Gasteiger partial charge in [-0.2, -0.15) is 0 Å². The van der Waals surface area contributed by atoms with Gasteiger partial charge in [0.1, 0.15) is 0 Å². The van der Waals surface area contributed by atoms with Crippen molar-refractivity contribution in [2.45, 2.75) is 13.3 Å². The van der Waals surface area contributed by atoms with Gasteiger partial charge in [0, 0.05) is 0 Å². The highest BCUT2D eigenvalue weighted by Crippen LogP contribution is 2.12. The lowest BCUT2D eigenvalue weighted by Crippen LogP contribution is -2.36. The van der Waals surface area contributed by atoms with Crippen molar-refractivity contribution in [1.82, 2.24) is 0 Å². The van der Waals surface area contributed by atoms with Crippen LogP contribution in [0.4, 0.5) is 12.9 Å². The molecule has 0 N–H and O–H groups in total. The molecule has 0 heterocycles. The van der Waals surface area contributed by atoms with Gasteiger partial charge in [0.25, 0.3) is 0 Å². The molecule has 0 aliphatic heterocycles. The Kier molecular flexibility index (Phi) is 2.45. The molecule has 0 aliphatic rings. The first-order valence-corrected chi connectivity index (χ1v) is 3.83. The summed E-state index contributed by atoms with van der Waals surface area (Å²) in [5.74, 6) is 0. The fourth-order valence-corrected chi connectivity index (χ4v) is 1.18. The van der Waals surface area contributed by atoms with Crippen molar-refractivity contribution in [3.05, 3.63) is 29.8 Å². The molecule has 0 aromatic heterocycles. The van der Waals surface area contributed by atoms with Gasteiger partial charge in [-0.15, -0.1) is 5.46 Å². The molecule has 4 heteroatoms. The Balaban J connectivity index is 3.14. The summed E-state index contributed by atoms with van der Waals surface area (Å²) in [4.78, 5) is 0. The van der Waals surface area contributed by atoms with E-state index in [1.165, 1.54) is 12.1 Å². The molecule has 0 nitrogen and oxygen atoms in total. The molecule has 0 aliphatic carbocycles. The van der Waals surface area contributed by atoms with E-state index in [0.29, 0.717) is 12.0 Å². The number of benzene rings is 1. The second-order valence-electron chi connectivity index (χ2n) is 2.63. The molecule has 66 valence electrons. The maximum Gasteiger partial charge on any atom is 0.509 e. The Bertz CT molecular complexity index is 267. The smallest absolute Gasteiger partial charge is 0.445 e. The van der Waals surface area contributed by atoms with Crippen molar-refractivity contribution < 1.29 is 12.9 Å². The summed E-state index contributed by atoms with van der Waals surface area (Å²) < 4.78 is 36.9. The quantitative estimate of drug-likeness (QED) is 0.602. The minimum absolute atomic E-state index is 0.380. The molecule has 0 bridgehead atoms. The van der Waals surface area contributed by atoms with Crippen LogP contribution in [-0.2, 0) is 6.42 Å². The van der Waals surface area contributed by atoms with Crippen molar-refractivity contribution in [2.75, 3.05) is 0 Å². The molecule has 0 saturated carbocycles. The zero-order valence-corrected chi connectivity index (χ0v) is 6.73. The third kappa shape index (κ3) is 1.81. The van der Waals surface area contributed by atoms with E-state index in [4.69, 9.17) is 0 Å². The van der Waals surface area contributed by atoms with E-state index in [0.717, 1.165) is 6.07 Å². The standard InChI is InChI=1S/C8H9BF3/c1-2-7-5-3-4-6-8(7)9(10,11)12/h3-6H,2H2,1H3/q-1. The summed E-state index contributed by atoms with van der Waals surface area (Å²) in [6, 6.07) is 5.71. The molecule has 0 radical (unpaired) electrons. The molecule has 0 atom stereocenters. The minimum Gasteiger partial charge on any atom is -0.445 e. The van der Waals surface area contributed by atoms with E-state index in [9.17, 15) is 12.9 Å². The second-order valence-corrected chi connectivity index (χ2v) is 2.63. The monoisotopic (exact) mass is 173 g/mol. The lowest BCUT2D eigenvalue weighted by Gasteiger charge is -2.18. The zero-order valence-electron chi connectivity index (χ0n) is 6.73. The maximum atomic E-state index is 12.3. The summed E-state index contributed by atoms with van der Waals surface area (Å²) in [5, 5.41) is 0. The Labute approximate surface area is 69.5 Å². The van der Waals surface area contributed by atoms with Crippen molar-refractivity contribution in [2.24, 2.45) is 0 Å². The van der Waals surface area contributed by atoms with Crippen molar-refractivity contribution in [1.29, 1.82) is 0 Å². The van der Waals surface area contributed by atoms with E-state index in [2.05, 4.69) is 0 Å². The summed E-state index contributed by atoms with van der Waals surface area (Å²) in [6.45, 7) is -3.12. The van der Waals surface area contributed by atoms with Gasteiger partial charge in [-0.1, -0.05) is 36.8 Å². The fraction of sp³-hybridized carbons (Fsp3) is 0.250. The van der Waals surface area contributed by atoms with Crippen LogP contribution in [0.1, 0.15) is 12.5 Å². The van der Waals surface area contributed by atoms with E-state index < -0.39 is 12.4 Å². The first-order chi connectivity index (χ1) is 5.55. The topological polar surface area (TPSA) is 0 Å². The summed E-state index contributed by atoms with van der Waals surface area (Å²) in [5.41, 5.74) is -0.0787. The molecule has 0 unspecified atom stereocenters. The van der Waals surface area contributed by atoms with Gasteiger partial charge in [-0.3, -0.25) is 0 Å². The molecule has 0 spiro atoms. The molecule has 0 amide bonds. The van der Waals surface area contributed by atoms with Crippen molar-refractivity contribution in [3.8, 4) is 0 Å². The van der Waals surface area contributed by atoms with Crippen molar-refractivity contribution >= 4 is 12.4 Å². The van der Waals surface area contributed by atoms with Gasteiger partial charge in [0.2, 0.25) is 0 Å². The van der Waals surface area contributed by atoms with Crippen LogP contribution >= 0.6 is 0 Å². The highest BCUT2D eigenvalue weighted by Gasteiger charge is 2.26. The van der Waals surface area contributed by atoms with E-state index >= 15 is 0 Å². The lowest BCUT2D eigenvalue weighted by atomic mass is 9.76. The second kappa shape index (κ2) is 3.21. The highest BCUT2D eigenvalue weighted by atomic mass is 19.4. The number of aryl methyl sites for hydroxylation is 1. The molecule has 0 fully saturated rings. The molecule has 1 aromatic carbocycles. The lowest BCUT2D eigenvalue weighted by molar-refractivity contribution is 0.500. The van der Waals surface area contributed by atoms with E-state index in [1.54, 1.807) is 13.0 Å². The third-order valence-electron chi connectivity index (χ3n) is 1.79. The van der Waals surface area contributed by atoms with Crippen LogP contribution in [0.5, 0.6) is 0 Å². The van der Waals surface area contributed by atoms with Gasteiger partial charge in [0.05, 0.1) is 0 Å². The number of hydrogen-bond acceptors (Lipinski definition) is 0. The normalized spacial score (nSPS) is 11.7. The van der Waals surface area contributed by atoms with Crippen LogP contribution in [-0.4, -0.2) is 6.98 Å². The average molecular weight is 173 g/mol. The number of rotatable bonds is 2. The van der Waals surface area contributed by atoms with Crippen LogP contribution in [0.15, 0.2) is 24.3 Å². The SMILES string of the molecule is CCc1ccccc1[B-](F)(F)F. The Morgan fingerprint density at radius 3 is 2.17 bits per heavy atom. The summed E-state index contributed by atoms with van der Waals surface area (Å²) >= 11 is 0. The first-order valence-electron chi connectivity index (χ1n) is 3.83. The Morgan fingerprint density at radius 1 is 1.17 bits per heavy atom. The minimum atomic E-state index is -4.84. The van der Waals surface area contributed by atoms with E-state index in [1.807, 2.05) is 0 Å². The summed E-state index contributed by atoms with van der Waals surface area (Å²) in [7, 11) is 0. The molecular formula is C8H9BF3-.